The highest BCUT2D eigenvalue weighted by Gasteiger charge is 2.22. The number of ether oxygens (including phenoxy) is 2. The number of allylic oxidation sites excluding steroid dienone is 6. The minimum Gasteiger partial charge on any atom is -0.462 e. The summed E-state index contributed by atoms with van der Waals surface area (Å²) in [5.41, 5.74) is 0. The molecule has 0 aromatic carbocycles. The Morgan fingerprint density at radius 3 is 1.85 bits per heavy atom. The number of phosphoric ester groups is 1. The van der Waals surface area contributed by atoms with Crippen molar-refractivity contribution in [1.82, 2.24) is 0 Å². The van der Waals surface area contributed by atoms with E-state index < -0.39 is 38.6 Å². The third-order valence-electron chi connectivity index (χ3n) is 7.68. The summed E-state index contributed by atoms with van der Waals surface area (Å²) in [5, 5.41) is 10.0. The van der Waals surface area contributed by atoms with Crippen LogP contribution >= 0.6 is 7.82 Å². The summed E-state index contributed by atoms with van der Waals surface area (Å²) in [6.07, 6.45) is 35.8. The van der Waals surface area contributed by atoms with Crippen LogP contribution in [0.4, 0.5) is 0 Å². The van der Waals surface area contributed by atoms with Crippen LogP contribution in [0.2, 0.25) is 0 Å². The Balaban J connectivity index is 4.16. The van der Waals surface area contributed by atoms with Crippen LogP contribution in [0, 0.1) is 0 Å². The summed E-state index contributed by atoms with van der Waals surface area (Å²) in [6, 6.07) is 0. The zero-order valence-electron chi connectivity index (χ0n) is 30.0. The number of aliphatic hydroxyl groups is 1. The molecule has 278 valence electrons. The minimum atomic E-state index is -4.78. The van der Waals surface area contributed by atoms with Crippen molar-refractivity contribution >= 4 is 19.8 Å². The van der Waals surface area contributed by atoms with Gasteiger partial charge in [0.25, 0.3) is 0 Å². The Bertz CT molecular complexity index is 938. The van der Waals surface area contributed by atoms with Crippen molar-refractivity contribution in [3.8, 4) is 0 Å². The van der Waals surface area contributed by atoms with Gasteiger partial charge in [0.2, 0.25) is 0 Å². The normalized spacial score (nSPS) is 13.7. The highest BCUT2D eigenvalue weighted by molar-refractivity contribution is 7.46. The summed E-state index contributed by atoms with van der Waals surface area (Å²) >= 11 is 0. The van der Waals surface area contributed by atoms with Crippen LogP contribution < -0.4 is 0 Å². The maximum atomic E-state index is 12.3. The quantitative estimate of drug-likeness (QED) is 0.0201. The van der Waals surface area contributed by atoms with Crippen molar-refractivity contribution in [3.05, 3.63) is 48.6 Å². The largest absolute Gasteiger partial charge is 0.469 e. The third-order valence-corrected chi connectivity index (χ3v) is 8.17. The Morgan fingerprint density at radius 2 is 1.21 bits per heavy atom. The predicted molar refractivity (Wildman–Crippen MR) is 194 cm³/mol. The van der Waals surface area contributed by atoms with Gasteiger partial charge >= 0.3 is 19.8 Å². The molecule has 9 nitrogen and oxygen atoms in total. The number of carbonyl (C=O) groups excluding carboxylic acids is 2. The van der Waals surface area contributed by atoms with Crippen molar-refractivity contribution in [2.45, 2.75) is 167 Å². The van der Waals surface area contributed by atoms with Crippen molar-refractivity contribution in [2.24, 2.45) is 0 Å². The van der Waals surface area contributed by atoms with Gasteiger partial charge in [-0.05, 0) is 44.9 Å². The van der Waals surface area contributed by atoms with Crippen molar-refractivity contribution in [2.75, 3.05) is 13.2 Å². The lowest BCUT2D eigenvalue weighted by Crippen LogP contribution is -2.29. The van der Waals surface area contributed by atoms with Gasteiger partial charge in [0, 0.05) is 12.8 Å². The highest BCUT2D eigenvalue weighted by atomic mass is 31.2. The molecule has 0 aromatic heterocycles. The first-order chi connectivity index (χ1) is 23.2. The molecule has 0 saturated carbocycles. The van der Waals surface area contributed by atoms with E-state index in [1.165, 1.54) is 70.6 Å². The van der Waals surface area contributed by atoms with E-state index in [4.69, 9.17) is 19.3 Å². The van der Waals surface area contributed by atoms with Crippen LogP contribution in [0.5, 0.6) is 0 Å². The SMILES string of the molecule is CCCCC/C=C\C=C/[C@H](O)C/C=C\C/C=C/CCCC(=O)O[C@H](COC(=O)CCCCCCCCCCCCCC)COP(=O)(O)O. The molecular formula is C38H67O9P. The van der Waals surface area contributed by atoms with Crippen LogP contribution in [-0.4, -0.2) is 52.3 Å². The van der Waals surface area contributed by atoms with Gasteiger partial charge in [0.15, 0.2) is 6.10 Å². The molecule has 0 saturated heterocycles. The Kier molecular flexibility index (Phi) is 32.1. The lowest BCUT2D eigenvalue weighted by Gasteiger charge is -2.18. The molecule has 10 heteroatoms. The molecular weight excluding hydrogens is 631 g/mol. The number of hydrogen-bond acceptors (Lipinski definition) is 7. The minimum absolute atomic E-state index is 0.102. The molecule has 0 aliphatic rings. The second kappa shape index (κ2) is 33.5. The number of esters is 2. The van der Waals surface area contributed by atoms with Crippen LogP contribution in [-0.2, 0) is 28.2 Å². The van der Waals surface area contributed by atoms with Crippen molar-refractivity contribution in [3.63, 3.8) is 0 Å². The summed E-state index contributed by atoms with van der Waals surface area (Å²) in [7, 11) is -4.78. The van der Waals surface area contributed by atoms with E-state index in [0.717, 1.165) is 25.7 Å². The molecule has 0 aliphatic heterocycles. The van der Waals surface area contributed by atoms with Crippen molar-refractivity contribution < 1.29 is 43.0 Å². The number of rotatable bonds is 33. The molecule has 0 amide bonds. The van der Waals surface area contributed by atoms with E-state index >= 15 is 0 Å². The lowest BCUT2D eigenvalue weighted by atomic mass is 10.0. The fourth-order valence-electron chi connectivity index (χ4n) is 4.86. The third kappa shape index (κ3) is 35.3. The van der Waals surface area contributed by atoms with Crippen LogP contribution in [0.15, 0.2) is 48.6 Å². The van der Waals surface area contributed by atoms with Gasteiger partial charge in [-0.15, -0.1) is 0 Å². The summed E-state index contributed by atoms with van der Waals surface area (Å²) in [4.78, 5) is 42.6. The average molecular weight is 699 g/mol. The molecule has 0 unspecified atom stereocenters. The second-order valence-electron chi connectivity index (χ2n) is 12.4. The van der Waals surface area contributed by atoms with E-state index in [-0.39, 0.29) is 19.4 Å². The van der Waals surface area contributed by atoms with E-state index in [1.54, 1.807) is 6.08 Å². The van der Waals surface area contributed by atoms with Gasteiger partial charge < -0.3 is 24.4 Å². The molecule has 2 atom stereocenters. The van der Waals surface area contributed by atoms with E-state index in [9.17, 15) is 19.3 Å². The number of unbranched alkanes of at least 4 members (excludes halogenated alkanes) is 15. The maximum Gasteiger partial charge on any atom is 0.469 e. The fraction of sp³-hybridized carbons (Fsp3) is 0.737. The molecule has 0 bridgehead atoms. The van der Waals surface area contributed by atoms with Gasteiger partial charge in [0.1, 0.15) is 6.61 Å². The number of hydrogen-bond donors (Lipinski definition) is 3. The van der Waals surface area contributed by atoms with Crippen molar-refractivity contribution in [1.29, 1.82) is 0 Å². The standard InChI is InChI=1S/C38H67O9P/c1-3-5-7-9-11-12-13-14-15-19-23-27-31-37(40)45-33-36(34-46-48(42,43)44)47-38(41)32-28-24-20-16-18-22-26-30-35(39)29-25-21-17-10-8-6-4-2/h16-17,20-22,25-26,29,35-36,39H,3-15,18-19,23-24,27-28,30-34H2,1-2H3,(H2,42,43,44)/b20-16+,21-17-,26-22-,29-25-/t35-,36+/m0/s1. The second-order valence-corrected chi connectivity index (χ2v) is 13.6. The van der Waals surface area contributed by atoms with Crippen LogP contribution in [0.1, 0.15) is 155 Å². The maximum absolute atomic E-state index is 12.3. The topological polar surface area (TPSA) is 140 Å². The molecule has 3 N–H and O–H groups in total. The van der Waals surface area contributed by atoms with E-state index in [1.807, 2.05) is 36.5 Å². The number of phosphoric acid groups is 1. The molecule has 0 heterocycles. The van der Waals surface area contributed by atoms with E-state index in [2.05, 4.69) is 24.4 Å². The monoisotopic (exact) mass is 698 g/mol. The Morgan fingerprint density at radius 1 is 0.646 bits per heavy atom. The summed E-state index contributed by atoms with van der Waals surface area (Å²) in [5.74, 6) is -0.993. The number of carbonyl (C=O) groups is 2. The van der Waals surface area contributed by atoms with Crippen LogP contribution in [0.25, 0.3) is 0 Å². The molecule has 0 radical (unpaired) electrons. The van der Waals surface area contributed by atoms with Gasteiger partial charge in [0.05, 0.1) is 12.7 Å². The van der Waals surface area contributed by atoms with E-state index in [0.29, 0.717) is 32.1 Å². The molecule has 0 spiro atoms. The Hall–Kier alpha value is -2.03. The molecule has 48 heavy (non-hydrogen) atoms. The highest BCUT2D eigenvalue weighted by Crippen LogP contribution is 2.36. The lowest BCUT2D eigenvalue weighted by molar-refractivity contribution is -0.161. The fourth-order valence-corrected chi connectivity index (χ4v) is 5.22. The zero-order chi connectivity index (χ0) is 35.6. The zero-order valence-corrected chi connectivity index (χ0v) is 30.9. The van der Waals surface area contributed by atoms with Crippen LogP contribution in [0.3, 0.4) is 0 Å². The molecule has 0 aliphatic carbocycles. The molecule has 0 rings (SSSR count). The van der Waals surface area contributed by atoms with Gasteiger partial charge in [-0.2, -0.15) is 0 Å². The average Bonchev–Trinajstić information content (AvgIpc) is 3.04. The predicted octanol–water partition coefficient (Wildman–Crippen LogP) is 9.76. The smallest absolute Gasteiger partial charge is 0.462 e. The summed E-state index contributed by atoms with van der Waals surface area (Å²) in [6.45, 7) is 3.51. The first-order valence-electron chi connectivity index (χ1n) is 18.5. The first-order valence-corrected chi connectivity index (χ1v) is 20.1. The van der Waals surface area contributed by atoms with Gasteiger partial charge in [-0.25, -0.2) is 4.57 Å². The Labute approximate surface area is 291 Å². The number of aliphatic hydroxyl groups excluding tert-OH is 1. The first kappa shape index (κ1) is 46.0. The molecule has 0 aromatic rings. The van der Waals surface area contributed by atoms with Gasteiger partial charge in [-0.1, -0.05) is 146 Å². The van der Waals surface area contributed by atoms with Gasteiger partial charge in [-0.3, -0.25) is 14.1 Å². The summed E-state index contributed by atoms with van der Waals surface area (Å²) < 4.78 is 26.2. The molecule has 0 fully saturated rings.